The van der Waals surface area contributed by atoms with Gasteiger partial charge in [0.25, 0.3) is 0 Å². The predicted octanol–water partition coefficient (Wildman–Crippen LogP) is 1.52. The molecule has 6 nitrogen and oxygen atoms in total. The Kier molecular flexibility index (Phi) is 4.43. The van der Waals surface area contributed by atoms with E-state index in [0.717, 1.165) is 4.31 Å². The number of aliphatic carboxylic acids is 1. The lowest BCUT2D eigenvalue weighted by Gasteiger charge is -2.21. The van der Waals surface area contributed by atoms with E-state index in [-0.39, 0.29) is 23.6 Å². The second-order valence-electron chi connectivity index (χ2n) is 4.92. The van der Waals surface area contributed by atoms with Gasteiger partial charge in [-0.15, -0.1) is 0 Å². The summed E-state index contributed by atoms with van der Waals surface area (Å²) >= 11 is 0. The van der Waals surface area contributed by atoms with Crippen LogP contribution >= 0.6 is 0 Å². The maximum Gasteiger partial charge on any atom is 0.322 e. The largest absolute Gasteiger partial charge is 0.480 e. The van der Waals surface area contributed by atoms with Gasteiger partial charge in [-0.25, -0.2) is 8.42 Å². The van der Waals surface area contributed by atoms with Crippen molar-refractivity contribution in [2.45, 2.75) is 37.1 Å². The smallest absolute Gasteiger partial charge is 0.322 e. The van der Waals surface area contributed by atoms with E-state index in [1.807, 2.05) is 0 Å². The number of Topliss-reactive ketones (excluding diaryl/α,β-unsaturated/α-hetero) is 1. The molecule has 0 saturated carbocycles. The van der Waals surface area contributed by atoms with Crippen LogP contribution in [0.3, 0.4) is 0 Å². The monoisotopic (exact) mass is 311 g/mol. The number of carboxylic acids is 1. The van der Waals surface area contributed by atoms with Crippen LogP contribution in [0.4, 0.5) is 0 Å². The molecule has 1 fully saturated rings. The van der Waals surface area contributed by atoms with Crippen molar-refractivity contribution >= 4 is 21.8 Å². The molecule has 0 unspecified atom stereocenters. The van der Waals surface area contributed by atoms with Crippen LogP contribution in [0.25, 0.3) is 0 Å². The van der Waals surface area contributed by atoms with Gasteiger partial charge in [0.15, 0.2) is 5.78 Å². The first-order valence-corrected chi connectivity index (χ1v) is 8.20. The van der Waals surface area contributed by atoms with Crippen LogP contribution in [0.2, 0.25) is 0 Å². The number of ketones is 1. The molecule has 1 aromatic rings. The summed E-state index contributed by atoms with van der Waals surface area (Å²) in [7, 11) is -3.90. The number of rotatable bonds is 5. The standard InChI is InChI=1S/C14H17NO5S/c1-2-13(16)10-5-3-6-11(9-10)21(19,20)15-8-4-7-12(15)14(17)18/h3,5-6,9,12H,2,4,7-8H2,1H3,(H,17,18)/t12-/m1/s1. The van der Waals surface area contributed by atoms with E-state index in [2.05, 4.69) is 0 Å². The van der Waals surface area contributed by atoms with Crippen molar-refractivity contribution in [2.24, 2.45) is 0 Å². The Labute approximate surface area is 123 Å². The summed E-state index contributed by atoms with van der Waals surface area (Å²) in [5, 5.41) is 9.11. The van der Waals surface area contributed by atoms with Crippen molar-refractivity contribution in [3.8, 4) is 0 Å². The van der Waals surface area contributed by atoms with Crippen LogP contribution in [-0.4, -0.2) is 42.2 Å². The van der Waals surface area contributed by atoms with Crippen LogP contribution in [0, 0.1) is 0 Å². The summed E-state index contributed by atoms with van der Waals surface area (Å²) in [6.07, 6.45) is 1.11. The number of benzene rings is 1. The molecule has 1 aliphatic heterocycles. The molecule has 2 rings (SSSR count). The normalized spacial score (nSPS) is 19.6. The lowest BCUT2D eigenvalue weighted by atomic mass is 10.1. The van der Waals surface area contributed by atoms with Gasteiger partial charge < -0.3 is 5.11 Å². The lowest BCUT2D eigenvalue weighted by Crippen LogP contribution is -2.40. The number of carboxylic acid groups (broad SMARTS) is 1. The molecule has 1 N–H and O–H groups in total. The molecule has 114 valence electrons. The van der Waals surface area contributed by atoms with E-state index < -0.39 is 22.0 Å². The van der Waals surface area contributed by atoms with Gasteiger partial charge in [-0.05, 0) is 25.0 Å². The van der Waals surface area contributed by atoms with E-state index in [1.165, 1.54) is 18.2 Å². The maximum absolute atomic E-state index is 12.6. The van der Waals surface area contributed by atoms with Gasteiger partial charge in [-0.2, -0.15) is 4.31 Å². The second kappa shape index (κ2) is 5.95. The van der Waals surface area contributed by atoms with Gasteiger partial charge in [0.05, 0.1) is 4.90 Å². The van der Waals surface area contributed by atoms with Gasteiger partial charge in [0.1, 0.15) is 6.04 Å². The summed E-state index contributed by atoms with van der Waals surface area (Å²) in [6, 6.07) is 4.74. The molecular weight excluding hydrogens is 294 g/mol. The number of sulfonamides is 1. The SMILES string of the molecule is CCC(=O)c1cccc(S(=O)(=O)N2CCC[C@@H]2C(=O)O)c1. The molecule has 1 aromatic carbocycles. The quantitative estimate of drug-likeness (QED) is 0.832. The van der Waals surface area contributed by atoms with Crippen LogP contribution in [0.15, 0.2) is 29.2 Å². The van der Waals surface area contributed by atoms with Gasteiger partial charge in [0.2, 0.25) is 10.0 Å². The minimum atomic E-state index is -3.90. The minimum absolute atomic E-state index is 0.0325. The minimum Gasteiger partial charge on any atom is -0.480 e. The summed E-state index contributed by atoms with van der Waals surface area (Å²) in [6.45, 7) is 1.88. The third-order valence-electron chi connectivity index (χ3n) is 3.57. The van der Waals surface area contributed by atoms with Crippen molar-refractivity contribution in [2.75, 3.05) is 6.54 Å². The highest BCUT2D eigenvalue weighted by molar-refractivity contribution is 7.89. The molecule has 21 heavy (non-hydrogen) atoms. The molecule has 0 aliphatic carbocycles. The Bertz CT molecular complexity index is 668. The highest BCUT2D eigenvalue weighted by Crippen LogP contribution is 2.26. The summed E-state index contributed by atoms with van der Waals surface area (Å²) in [5.74, 6) is -1.29. The molecular formula is C14H17NO5S. The number of carbonyl (C=O) groups is 2. The first-order chi connectivity index (χ1) is 9.87. The topological polar surface area (TPSA) is 91.8 Å². The fourth-order valence-electron chi connectivity index (χ4n) is 2.44. The van der Waals surface area contributed by atoms with E-state index >= 15 is 0 Å². The van der Waals surface area contributed by atoms with Crippen LogP contribution in [0.1, 0.15) is 36.5 Å². The van der Waals surface area contributed by atoms with Crippen molar-refractivity contribution < 1.29 is 23.1 Å². The van der Waals surface area contributed by atoms with Crippen LogP contribution in [-0.2, 0) is 14.8 Å². The predicted molar refractivity (Wildman–Crippen MR) is 75.6 cm³/mol. The van der Waals surface area contributed by atoms with Crippen molar-refractivity contribution in [1.29, 1.82) is 0 Å². The number of nitrogens with zero attached hydrogens (tertiary/aromatic N) is 1. The molecule has 0 radical (unpaired) electrons. The van der Waals surface area contributed by atoms with Crippen molar-refractivity contribution in [3.63, 3.8) is 0 Å². The Hall–Kier alpha value is -1.73. The number of hydrogen-bond acceptors (Lipinski definition) is 4. The third-order valence-corrected chi connectivity index (χ3v) is 5.48. The average molecular weight is 311 g/mol. The van der Waals surface area contributed by atoms with Gasteiger partial charge in [0, 0.05) is 18.5 Å². The zero-order chi connectivity index (χ0) is 15.6. The number of hydrogen-bond donors (Lipinski definition) is 1. The van der Waals surface area contributed by atoms with E-state index in [1.54, 1.807) is 13.0 Å². The maximum atomic E-state index is 12.6. The summed E-state index contributed by atoms with van der Waals surface area (Å²) < 4.78 is 26.1. The zero-order valence-electron chi connectivity index (χ0n) is 11.7. The van der Waals surface area contributed by atoms with E-state index in [0.29, 0.717) is 18.4 Å². The Balaban J connectivity index is 2.40. The number of carbonyl (C=O) groups excluding carboxylic acids is 1. The van der Waals surface area contributed by atoms with Crippen molar-refractivity contribution in [1.82, 2.24) is 4.31 Å². The molecule has 1 heterocycles. The summed E-state index contributed by atoms with van der Waals surface area (Å²) in [5.41, 5.74) is 0.324. The molecule has 1 saturated heterocycles. The lowest BCUT2D eigenvalue weighted by molar-refractivity contribution is -0.140. The molecule has 0 amide bonds. The third kappa shape index (κ3) is 2.98. The fourth-order valence-corrected chi connectivity index (χ4v) is 4.14. The first kappa shape index (κ1) is 15.7. The van der Waals surface area contributed by atoms with Gasteiger partial charge >= 0.3 is 5.97 Å². The summed E-state index contributed by atoms with van der Waals surface area (Å²) in [4.78, 5) is 22.8. The van der Waals surface area contributed by atoms with Gasteiger partial charge in [-0.3, -0.25) is 9.59 Å². The average Bonchev–Trinajstić information content (AvgIpc) is 2.97. The highest BCUT2D eigenvalue weighted by Gasteiger charge is 2.39. The second-order valence-corrected chi connectivity index (χ2v) is 6.81. The first-order valence-electron chi connectivity index (χ1n) is 6.76. The van der Waals surface area contributed by atoms with E-state index in [9.17, 15) is 18.0 Å². The molecule has 1 atom stereocenters. The molecule has 0 aromatic heterocycles. The Morgan fingerprint density at radius 3 is 2.71 bits per heavy atom. The molecule has 0 spiro atoms. The Morgan fingerprint density at radius 2 is 2.10 bits per heavy atom. The highest BCUT2D eigenvalue weighted by atomic mass is 32.2. The van der Waals surface area contributed by atoms with Crippen LogP contribution < -0.4 is 0 Å². The van der Waals surface area contributed by atoms with E-state index in [4.69, 9.17) is 5.11 Å². The fraction of sp³-hybridized carbons (Fsp3) is 0.429. The Morgan fingerprint density at radius 1 is 1.38 bits per heavy atom. The molecule has 1 aliphatic rings. The zero-order valence-corrected chi connectivity index (χ0v) is 12.5. The van der Waals surface area contributed by atoms with Gasteiger partial charge in [-0.1, -0.05) is 19.1 Å². The molecule has 0 bridgehead atoms. The van der Waals surface area contributed by atoms with Crippen LogP contribution in [0.5, 0.6) is 0 Å². The van der Waals surface area contributed by atoms with Crippen molar-refractivity contribution in [3.05, 3.63) is 29.8 Å². The molecule has 7 heteroatoms.